The summed E-state index contributed by atoms with van der Waals surface area (Å²) in [4.78, 5) is 47.3. The molecule has 3 rings (SSSR count). The first kappa shape index (κ1) is 21.9. The van der Waals surface area contributed by atoms with Crippen LogP contribution in [0.25, 0.3) is 0 Å². The Balaban J connectivity index is 1.64. The van der Waals surface area contributed by atoms with Crippen LogP contribution in [0, 0.1) is 22.0 Å². The summed E-state index contributed by atoms with van der Waals surface area (Å²) >= 11 is 0. The molecule has 2 aromatic rings. The van der Waals surface area contributed by atoms with Crippen LogP contribution in [0.2, 0.25) is 0 Å². The van der Waals surface area contributed by atoms with Crippen molar-refractivity contribution in [3.8, 4) is 0 Å². The highest BCUT2D eigenvalue weighted by Gasteiger charge is 2.46. The van der Waals surface area contributed by atoms with E-state index in [0.717, 1.165) is 5.56 Å². The first-order chi connectivity index (χ1) is 14.9. The molecule has 0 bridgehead atoms. The summed E-state index contributed by atoms with van der Waals surface area (Å²) in [5, 5.41) is 10.7. The lowest BCUT2D eigenvalue weighted by molar-refractivity contribution is -0.384. The molecular weight excluding hydrogens is 406 g/mol. The molecule has 1 fully saturated rings. The molecule has 0 N–H and O–H groups in total. The maximum absolute atomic E-state index is 12.6. The molecule has 0 heterocycles. The van der Waals surface area contributed by atoms with Crippen LogP contribution in [0.5, 0.6) is 0 Å². The molecule has 1 aliphatic rings. The van der Waals surface area contributed by atoms with Crippen molar-refractivity contribution >= 4 is 23.6 Å². The van der Waals surface area contributed by atoms with Gasteiger partial charge in [-0.15, -0.1) is 0 Å². The van der Waals surface area contributed by atoms with Crippen LogP contribution in [0.15, 0.2) is 54.6 Å². The van der Waals surface area contributed by atoms with Gasteiger partial charge in [0.2, 0.25) is 0 Å². The molecule has 2 aromatic carbocycles. The van der Waals surface area contributed by atoms with Crippen molar-refractivity contribution in [1.29, 1.82) is 0 Å². The topological polar surface area (TPSA) is 122 Å². The molecule has 1 saturated carbocycles. The molecule has 1 aliphatic carbocycles. The first-order valence-electron chi connectivity index (χ1n) is 9.63. The lowest BCUT2D eigenvalue weighted by atomic mass is 9.96. The summed E-state index contributed by atoms with van der Waals surface area (Å²) in [5.41, 5.74) is 0.796. The van der Waals surface area contributed by atoms with Crippen LogP contribution >= 0.6 is 0 Å². The smallest absolute Gasteiger partial charge is 0.338 e. The standard InChI is InChI=1S/C22H21NO8/c1-29-21(25)18-11-17(31-20(24)15-7-9-16(10-8-15)23(27)28)12-19(18)22(26)30-13-14-5-3-2-4-6-14/h2-10,17-19H,11-13H2,1H3/t17-,18+,19+/m0/s1. The van der Waals surface area contributed by atoms with E-state index in [-0.39, 0.29) is 30.7 Å². The normalized spacial score (nSPS) is 20.0. The SMILES string of the molecule is COC(=O)[C@@H]1C[C@H](OC(=O)c2ccc([N+](=O)[O-])cc2)C[C@H]1C(=O)OCc1ccccc1. The van der Waals surface area contributed by atoms with Crippen LogP contribution in [-0.4, -0.2) is 36.0 Å². The number of methoxy groups -OCH3 is 1. The minimum Gasteiger partial charge on any atom is -0.469 e. The van der Waals surface area contributed by atoms with E-state index in [0.29, 0.717) is 0 Å². The van der Waals surface area contributed by atoms with Crippen molar-refractivity contribution in [1.82, 2.24) is 0 Å². The predicted octanol–water partition coefficient (Wildman–Crippen LogP) is 3.06. The van der Waals surface area contributed by atoms with Crippen molar-refractivity contribution in [2.45, 2.75) is 25.6 Å². The molecular formula is C22H21NO8. The van der Waals surface area contributed by atoms with Gasteiger partial charge in [-0.3, -0.25) is 19.7 Å². The zero-order valence-corrected chi connectivity index (χ0v) is 16.8. The number of carbonyl (C=O) groups is 3. The van der Waals surface area contributed by atoms with Crippen molar-refractivity contribution in [3.05, 3.63) is 75.8 Å². The Labute approximate surface area is 178 Å². The van der Waals surface area contributed by atoms with Gasteiger partial charge in [-0.25, -0.2) is 4.79 Å². The number of hydrogen-bond acceptors (Lipinski definition) is 8. The van der Waals surface area contributed by atoms with Gasteiger partial charge in [0.05, 0.1) is 29.4 Å². The summed E-state index contributed by atoms with van der Waals surface area (Å²) in [6, 6.07) is 14.1. The number of rotatable bonds is 7. The number of nitrogens with zero attached hydrogens (tertiary/aromatic N) is 1. The molecule has 31 heavy (non-hydrogen) atoms. The van der Waals surface area contributed by atoms with Gasteiger partial charge in [-0.05, 0) is 30.5 Å². The zero-order chi connectivity index (χ0) is 22.4. The van der Waals surface area contributed by atoms with Gasteiger partial charge in [0.15, 0.2) is 0 Å². The van der Waals surface area contributed by atoms with Crippen molar-refractivity contribution in [2.24, 2.45) is 11.8 Å². The maximum Gasteiger partial charge on any atom is 0.338 e. The molecule has 0 radical (unpaired) electrons. The Kier molecular flexibility index (Phi) is 6.96. The minimum atomic E-state index is -0.800. The average molecular weight is 427 g/mol. The summed E-state index contributed by atoms with van der Waals surface area (Å²) in [6.45, 7) is 0.0668. The number of ether oxygens (including phenoxy) is 3. The Morgan fingerprint density at radius 3 is 2.16 bits per heavy atom. The largest absolute Gasteiger partial charge is 0.469 e. The second kappa shape index (κ2) is 9.84. The number of carbonyl (C=O) groups excluding carboxylic acids is 3. The molecule has 9 heteroatoms. The molecule has 0 amide bonds. The van der Waals surface area contributed by atoms with Crippen LogP contribution < -0.4 is 0 Å². The lowest BCUT2D eigenvalue weighted by Gasteiger charge is -2.15. The molecule has 3 atom stereocenters. The number of benzene rings is 2. The Bertz CT molecular complexity index is 957. The van der Waals surface area contributed by atoms with E-state index in [1.165, 1.54) is 31.4 Å². The van der Waals surface area contributed by atoms with Crippen LogP contribution in [0.3, 0.4) is 0 Å². The first-order valence-corrected chi connectivity index (χ1v) is 9.63. The van der Waals surface area contributed by atoms with E-state index in [1.54, 1.807) is 0 Å². The minimum absolute atomic E-state index is 0.0668. The monoisotopic (exact) mass is 427 g/mol. The zero-order valence-electron chi connectivity index (χ0n) is 16.8. The second-order valence-electron chi connectivity index (χ2n) is 7.13. The van der Waals surface area contributed by atoms with Gasteiger partial charge < -0.3 is 14.2 Å². The van der Waals surface area contributed by atoms with Gasteiger partial charge in [0.25, 0.3) is 5.69 Å². The fourth-order valence-electron chi connectivity index (χ4n) is 3.53. The highest BCUT2D eigenvalue weighted by atomic mass is 16.6. The highest BCUT2D eigenvalue weighted by Crippen LogP contribution is 2.36. The number of non-ortho nitro benzene ring substituents is 1. The Morgan fingerprint density at radius 1 is 0.968 bits per heavy atom. The third-order valence-electron chi connectivity index (χ3n) is 5.14. The van der Waals surface area contributed by atoms with E-state index in [4.69, 9.17) is 14.2 Å². The predicted molar refractivity (Wildman–Crippen MR) is 107 cm³/mol. The second-order valence-corrected chi connectivity index (χ2v) is 7.13. The number of hydrogen-bond donors (Lipinski definition) is 0. The third kappa shape index (κ3) is 5.44. The Morgan fingerprint density at radius 2 is 1.58 bits per heavy atom. The molecule has 0 spiro atoms. The number of esters is 3. The van der Waals surface area contributed by atoms with E-state index in [1.807, 2.05) is 30.3 Å². The highest BCUT2D eigenvalue weighted by molar-refractivity contribution is 5.90. The van der Waals surface area contributed by atoms with E-state index in [9.17, 15) is 24.5 Å². The van der Waals surface area contributed by atoms with Gasteiger partial charge in [-0.2, -0.15) is 0 Å². The van der Waals surface area contributed by atoms with E-state index in [2.05, 4.69) is 0 Å². The summed E-state index contributed by atoms with van der Waals surface area (Å²) < 4.78 is 15.6. The average Bonchev–Trinajstić information content (AvgIpc) is 3.21. The molecule has 9 nitrogen and oxygen atoms in total. The summed E-state index contributed by atoms with van der Waals surface area (Å²) in [5.74, 6) is -3.42. The fraction of sp³-hybridized carbons (Fsp3) is 0.318. The molecule has 0 aromatic heterocycles. The maximum atomic E-state index is 12.6. The third-order valence-corrected chi connectivity index (χ3v) is 5.14. The summed E-state index contributed by atoms with van der Waals surface area (Å²) in [7, 11) is 1.23. The van der Waals surface area contributed by atoms with Gasteiger partial charge in [0, 0.05) is 12.1 Å². The number of nitro groups is 1. The van der Waals surface area contributed by atoms with Gasteiger partial charge in [0.1, 0.15) is 12.7 Å². The van der Waals surface area contributed by atoms with Crippen LogP contribution in [-0.2, 0) is 30.4 Å². The Hall–Kier alpha value is -3.75. The van der Waals surface area contributed by atoms with Crippen LogP contribution in [0.1, 0.15) is 28.8 Å². The molecule has 162 valence electrons. The van der Waals surface area contributed by atoms with Crippen LogP contribution in [0.4, 0.5) is 5.69 Å². The van der Waals surface area contributed by atoms with Crippen molar-refractivity contribution in [3.63, 3.8) is 0 Å². The molecule has 0 saturated heterocycles. The molecule has 0 aliphatic heterocycles. The van der Waals surface area contributed by atoms with Crippen molar-refractivity contribution in [2.75, 3.05) is 7.11 Å². The van der Waals surface area contributed by atoms with Crippen molar-refractivity contribution < 1.29 is 33.5 Å². The van der Waals surface area contributed by atoms with E-state index >= 15 is 0 Å². The van der Waals surface area contributed by atoms with Gasteiger partial charge >= 0.3 is 17.9 Å². The fourth-order valence-corrected chi connectivity index (χ4v) is 3.53. The molecule has 0 unspecified atom stereocenters. The van der Waals surface area contributed by atoms with Gasteiger partial charge in [-0.1, -0.05) is 30.3 Å². The number of nitro benzene ring substituents is 1. The van der Waals surface area contributed by atoms with E-state index < -0.39 is 40.8 Å². The summed E-state index contributed by atoms with van der Waals surface area (Å²) in [6.07, 6.45) is -0.455. The quantitative estimate of drug-likeness (QED) is 0.286. The lowest BCUT2D eigenvalue weighted by Crippen LogP contribution is -2.27.